The lowest BCUT2D eigenvalue weighted by Crippen LogP contribution is -2.20. The van der Waals surface area contributed by atoms with Gasteiger partial charge in [-0.15, -0.1) is 0 Å². The van der Waals surface area contributed by atoms with E-state index in [2.05, 4.69) is 17.6 Å². The van der Waals surface area contributed by atoms with E-state index in [-0.39, 0.29) is 11.8 Å². The Kier molecular flexibility index (Phi) is 5.03. The van der Waals surface area contributed by atoms with E-state index in [0.29, 0.717) is 24.1 Å². The summed E-state index contributed by atoms with van der Waals surface area (Å²) in [6, 6.07) is 11.2. The van der Waals surface area contributed by atoms with Crippen LogP contribution in [0.4, 0.5) is 5.69 Å². The van der Waals surface area contributed by atoms with Crippen molar-refractivity contribution in [2.75, 3.05) is 5.32 Å². The second-order valence-corrected chi connectivity index (χ2v) is 6.49. The lowest BCUT2D eigenvalue weighted by atomic mass is 10.2. The van der Waals surface area contributed by atoms with E-state index in [9.17, 15) is 9.59 Å². The fourth-order valence-electron chi connectivity index (χ4n) is 2.69. The molecule has 2 amide bonds. The van der Waals surface area contributed by atoms with E-state index < -0.39 is 0 Å². The minimum absolute atomic E-state index is 0.108. The summed E-state index contributed by atoms with van der Waals surface area (Å²) < 4.78 is 5.73. The number of carbonyl (C=O) groups excluding carboxylic acids is 2. The summed E-state index contributed by atoms with van der Waals surface area (Å²) >= 11 is 0. The van der Waals surface area contributed by atoms with Gasteiger partial charge in [-0.2, -0.15) is 0 Å². The maximum Gasteiger partial charge on any atom is 0.244 e. The number of nitrogens with one attached hydrogen (secondary N) is 2. The molecule has 130 valence electrons. The predicted octanol–water partition coefficient (Wildman–Crippen LogP) is 3.69. The van der Waals surface area contributed by atoms with Gasteiger partial charge in [0.15, 0.2) is 0 Å². The molecule has 1 fully saturated rings. The zero-order chi connectivity index (χ0) is 17.8. The molecule has 0 spiro atoms. The first kappa shape index (κ1) is 17.0. The molecule has 0 bridgehead atoms. The van der Waals surface area contributed by atoms with Crippen LogP contribution in [-0.2, 0) is 16.1 Å². The van der Waals surface area contributed by atoms with Gasteiger partial charge < -0.3 is 15.1 Å². The third kappa shape index (κ3) is 4.83. The Balaban J connectivity index is 1.47. The SMILES string of the molecule is CC(=O)Nc1ccc(CNC(=O)/C=C/c2ccc(C3CC3C)o2)cc1. The Labute approximate surface area is 147 Å². The highest BCUT2D eigenvalue weighted by atomic mass is 16.3. The third-order valence-electron chi connectivity index (χ3n) is 4.26. The second-order valence-electron chi connectivity index (χ2n) is 6.49. The standard InChI is InChI=1S/C20H22N2O3/c1-13-11-18(13)19-9-7-17(25-19)8-10-20(24)21-12-15-3-5-16(6-4-15)22-14(2)23/h3-10,13,18H,11-12H2,1-2H3,(H,21,24)(H,22,23)/b10-8+. The van der Waals surface area contributed by atoms with Crippen LogP contribution in [0.1, 0.15) is 43.3 Å². The van der Waals surface area contributed by atoms with Crippen molar-refractivity contribution in [3.05, 3.63) is 59.6 Å². The van der Waals surface area contributed by atoms with Crippen molar-refractivity contribution >= 4 is 23.6 Å². The molecule has 1 aromatic carbocycles. The number of carbonyl (C=O) groups is 2. The molecule has 0 radical (unpaired) electrons. The number of amides is 2. The maximum absolute atomic E-state index is 11.9. The average Bonchev–Trinajstić information content (AvgIpc) is 3.12. The second kappa shape index (κ2) is 7.38. The summed E-state index contributed by atoms with van der Waals surface area (Å²) in [6.45, 7) is 4.10. The van der Waals surface area contributed by atoms with Crippen LogP contribution in [0.3, 0.4) is 0 Å². The Hall–Kier alpha value is -2.82. The number of anilines is 1. The molecule has 2 unspecified atom stereocenters. The van der Waals surface area contributed by atoms with Crippen LogP contribution in [0.5, 0.6) is 0 Å². The molecule has 1 saturated carbocycles. The van der Waals surface area contributed by atoms with Gasteiger partial charge in [-0.1, -0.05) is 19.1 Å². The third-order valence-corrected chi connectivity index (χ3v) is 4.26. The van der Waals surface area contributed by atoms with Gasteiger partial charge in [-0.3, -0.25) is 9.59 Å². The van der Waals surface area contributed by atoms with Crippen LogP contribution < -0.4 is 10.6 Å². The number of hydrogen-bond acceptors (Lipinski definition) is 3. The summed E-state index contributed by atoms with van der Waals surface area (Å²) in [4.78, 5) is 22.9. The van der Waals surface area contributed by atoms with E-state index in [1.54, 1.807) is 6.08 Å². The van der Waals surface area contributed by atoms with Gasteiger partial charge in [0.2, 0.25) is 11.8 Å². The van der Waals surface area contributed by atoms with E-state index >= 15 is 0 Å². The van der Waals surface area contributed by atoms with Crippen LogP contribution in [0.25, 0.3) is 6.08 Å². The first-order valence-corrected chi connectivity index (χ1v) is 8.43. The summed E-state index contributed by atoms with van der Waals surface area (Å²) in [5.41, 5.74) is 1.69. The molecule has 0 saturated heterocycles. The van der Waals surface area contributed by atoms with Crippen molar-refractivity contribution in [2.24, 2.45) is 5.92 Å². The topological polar surface area (TPSA) is 71.3 Å². The van der Waals surface area contributed by atoms with Gasteiger partial charge in [-0.25, -0.2) is 0 Å². The molecule has 0 aliphatic heterocycles. The minimum atomic E-state index is -0.177. The molecule has 3 rings (SSSR count). The van der Waals surface area contributed by atoms with E-state index in [1.165, 1.54) is 19.4 Å². The van der Waals surface area contributed by atoms with Crippen molar-refractivity contribution in [3.8, 4) is 0 Å². The van der Waals surface area contributed by atoms with Crippen molar-refractivity contribution in [1.29, 1.82) is 0 Å². The zero-order valence-corrected chi connectivity index (χ0v) is 14.4. The summed E-state index contributed by atoms with van der Waals surface area (Å²) in [7, 11) is 0. The van der Waals surface area contributed by atoms with Crippen molar-refractivity contribution in [3.63, 3.8) is 0 Å². The van der Waals surface area contributed by atoms with E-state index in [0.717, 1.165) is 17.0 Å². The summed E-state index contributed by atoms with van der Waals surface area (Å²) in [5.74, 6) is 2.66. The summed E-state index contributed by atoms with van der Waals surface area (Å²) in [5, 5.41) is 5.53. The van der Waals surface area contributed by atoms with Crippen molar-refractivity contribution in [2.45, 2.75) is 32.7 Å². The van der Waals surface area contributed by atoms with Crippen LogP contribution in [0, 0.1) is 5.92 Å². The van der Waals surface area contributed by atoms with Crippen LogP contribution in [-0.4, -0.2) is 11.8 Å². The molecular formula is C20H22N2O3. The molecule has 2 N–H and O–H groups in total. The molecule has 2 aromatic rings. The number of rotatable bonds is 6. The highest BCUT2D eigenvalue weighted by Gasteiger charge is 2.36. The van der Waals surface area contributed by atoms with Crippen LogP contribution >= 0.6 is 0 Å². The summed E-state index contributed by atoms with van der Waals surface area (Å²) in [6.07, 6.45) is 4.34. The van der Waals surface area contributed by atoms with Gasteiger partial charge in [0, 0.05) is 31.1 Å². The predicted molar refractivity (Wildman–Crippen MR) is 96.9 cm³/mol. The van der Waals surface area contributed by atoms with Crippen molar-refractivity contribution in [1.82, 2.24) is 5.32 Å². The quantitative estimate of drug-likeness (QED) is 0.789. The Morgan fingerprint density at radius 1 is 1.20 bits per heavy atom. The molecule has 2 atom stereocenters. The molecule has 1 aliphatic carbocycles. The average molecular weight is 338 g/mol. The molecule has 1 aromatic heterocycles. The monoisotopic (exact) mass is 338 g/mol. The van der Waals surface area contributed by atoms with Gasteiger partial charge in [0.25, 0.3) is 0 Å². The lowest BCUT2D eigenvalue weighted by molar-refractivity contribution is -0.116. The fraction of sp³-hybridized carbons (Fsp3) is 0.300. The number of hydrogen-bond donors (Lipinski definition) is 2. The van der Waals surface area contributed by atoms with Gasteiger partial charge in [-0.05, 0) is 48.2 Å². The first-order chi connectivity index (χ1) is 12.0. The van der Waals surface area contributed by atoms with Crippen molar-refractivity contribution < 1.29 is 14.0 Å². The number of furan rings is 1. The highest BCUT2D eigenvalue weighted by molar-refractivity contribution is 5.91. The Morgan fingerprint density at radius 2 is 1.92 bits per heavy atom. The lowest BCUT2D eigenvalue weighted by Gasteiger charge is -2.05. The first-order valence-electron chi connectivity index (χ1n) is 8.43. The van der Waals surface area contributed by atoms with Gasteiger partial charge in [0.05, 0.1) is 0 Å². The number of benzene rings is 1. The molecule has 5 nitrogen and oxygen atoms in total. The Bertz CT molecular complexity index is 790. The molecule has 5 heteroatoms. The fourth-order valence-corrected chi connectivity index (χ4v) is 2.69. The Morgan fingerprint density at radius 3 is 2.56 bits per heavy atom. The van der Waals surface area contributed by atoms with Crippen LogP contribution in [0.2, 0.25) is 0 Å². The minimum Gasteiger partial charge on any atom is -0.461 e. The van der Waals surface area contributed by atoms with E-state index in [4.69, 9.17) is 4.42 Å². The maximum atomic E-state index is 11.9. The largest absolute Gasteiger partial charge is 0.461 e. The zero-order valence-electron chi connectivity index (χ0n) is 14.4. The molecule has 1 aliphatic rings. The molecular weight excluding hydrogens is 316 g/mol. The van der Waals surface area contributed by atoms with Gasteiger partial charge >= 0.3 is 0 Å². The van der Waals surface area contributed by atoms with Gasteiger partial charge in [0.1, 0.15) is 11.5 Å². The molecule has 25 heavy (non-hydrogen) atoms. The van der Waals surface area contributed by atoms with E-state index in [1.807, 2.05) is 36.4 Å². The molecule has 1 heterocycles. The normalized spacial score (nSPS) is 19.0. The van der Waals surface area contributed by atoms with Crippen LogP contribution in [0.15, 0.2) is 46.9 Å². The highest BCUT2D eigenvalue weighted by Crippen LogP contribution is 2.47. The smallest absolute Gasteiger partial charge is 0.244 e.